The Hall–Kier alpha value is -3.18. The number of carbonyl (C=O) groups is 1. The second kappa shape index (κ2) is 8.40. The molecule has 1 unspecified atom stereocenters. The lowest BCUT2D eigenvalue weighted by Crippen LogP contribution is -2.35. The first-order chi connectivity index (χ1) is 15.6. The van der Waals surface area contributed by atoms with Crippen LogP contribution in [0.4, 0.5) is 4.39 Å². The second-order valence-corrected chi connectivity index (χ2v) is 8.68. The van der Waals surface area contributed by atoms with Crippen LogP contribution in [-0.4, -0.2) is 21.7 Å². The lowest BCUT2D eigenvalue weighted by molar-refractivity contribution is -0.140. The largest absolute Gasteiger partial charge is 0.480 e. The zero-order valence-electron chi connectivity index (χ0n) is 18.1. The van der Waals surface area contributed by atoms with Crippen molar-refractivity contribution in [3.05, 3.63) is 83.3 Å². The summed E-state index contributed by atoms with van der Waals surface area (Å²) in [7, 11) is 0. The van der Waals surface area contributed by atoms with Crippen molar-refractivity contribution < 1.29 is 14.3 Å². The minimum Gasteiger partial charge on any atom is -0.480 e. The molecule has 2 N–H and O–H groups in total. The van der Waals surface area contributed by atoms with Crippen LogP contribution in [-0.2, 0) is 24.2 Å². The van der Waals surface area contributed by atoms with Gasteiger partial charge in [0, 0.05) is 29.2 Å². The van der Waals surface area contributed by atoms with E-state index in [2.05, 4.69) is 47.8 Å². The highest BCUT2D eigenvalue weighted by atomic mass is 19.1. The van der Waals surface area contributed by atoms with Gasteiger partial charge >= 0.3 is 5.97 Å². The Balaban J connectivity index is 1.46. The Morgan fingerprint density at radius 3 is 2.78 bits per heavy atom. The molecule has 0 spiro atoms. The molecule has 4 nitrogen and oxygen atoms in total. The topological polar surface area (TPSA) is 54.3 Å². The highest BCUT2D eigenvalue weighted by Crippen LogP contribution is 2.36. The number of aromatic nitrogens is 1. The highest BCUT2D eigenvalue weighted by molar-refractivity contribution is 5.88. The van der Waals surface area contributed by atoms with Crippen molar-refractivity contribution in [2.24, 2.45) is 0 Å². The predicted octanol–water partition coefficient (Wildman–Crippen LogP) is 5.62. The summed E-state index contributed by atoms with van der Waals surface area (Å²) in [6.07, 6.45) is 2.96. The van der Waals surface area contributed by atoms with Crippen molar-refractivity contribution in [3.63, 3.8) is 0 Å². The number of carboxylic acid groups (broad SMARTS) is 1. The van der Waals surface area contributed by atoms with Crippen LogP contribution in [0.15, 0.2) is 60.7 Å². The van der Waals surface area contributed by atoms with E-state index < -0.39 is 12.0 Å². The van der Waals surface area contributed by atoms with Crippen LogP contribution in [0.3, 0.4) is 0 Å². The molecule has 0 saturated heterocycles. The molecule has 0 radical (unpaired) electrons. The lowest BCUT2D eigenvalue weighted by atomic mass is 9.91. The van der Waals surface area contributed by atoms with E-state index in [1.165, 1.54) is 22.4 Å². The number of nitrogens with one attached hydrogen (secondary N) is 1. The number of fused-ring (bicyclic) bond motifs is 4. The van der Waals surface area contributed by atoms with Crippen LogP contribution in [0.5, 0.6) is 0 Å². The Morgan fingerprint density at radius 1 is 1.16 bits per heavy atom. The molecule has 1 aromatic heterocycles. The summed E-state index contributed by atoms with van der Waals surface area (Å²) in [5.74, 6) is -1.13. The minimum absolute atomic E-state index is 0.258. The van der Waals surface area contributed by atoms with E-state index in [1.807, 2.05) is 11.5 Å². The van der Waals surface area contributed by atoms with Gasteiger partial charge in [-0.3, -0.25) is 0 Å². The number of nitrogens with zero attached hydrogens (tertiary/aromatic N) is 1. The Bertz CT molecular complexity index is 1300. The first-order valence-electron chi connectivity index (χ1n) is 11.3. The van der Waals surface area contributed by atoms with Crippen LogP contribution in [0.25, 0.3) is 21.7 Å². The van der Waals surface area contributed by atoms with Gasteiger partial charge in [0.2, 0.25) is 0 Å². The van der Waals surface area contributed by atoms with E-state index in [0.717, 1.165) is 48.0 Å². The van der Waals surface area contributed by atoms with Gasteiger partial charge in [0.05, 0.1) is 0 Å². The summed E-state index contributed by atoms with van der Waals surface area (Å²) in [6.45, 7) is 2.65. The van der Waals surface area contributed by atoms with Gasteiger partial charge in [-0.1, -0.05) is 49.4 Å². The molecule has 2 atom stereocenters. The third-order valence-electron chi connectivity index (χ3n) is 6.81. The second-order valence-electron chi connectivity index (χ2n) is 8.68. The molecular formula is C27H27FN2O2. The van der Waals surface area contributed by atoms with E-state index >= 15 is 0 Å². The molecule has 164 valence electrons. The normalized spacial score (nSPS) is 16.9. The van der Waals surface area contributed by atoms with Gasteiger partial charge in [-0.25, -0.2) is 9.18 Å². The van der Waals surface area contributed by atoms with Gasteiger partial charge in [0.25, 0.3) is 0 Å². The molecular weight excluding hydrogens is 403 g/mol. The van der Waals surface area contributed by atoms with Crippen LogP contribution in [0.2, 0.25) is 0 Å². The number of carboxylic acids is 1. The zero-order valence-corrected chi connectivity index (χ0v) is 18.1. The monoisotopic (exact) mass is 430 g/mol. The Labute approximate surface area is 186 Å². The average molecular weight is 431 g/mol. The average Bonchev–Trinajstić information content (AvgIpc) is 3.11. The van der Waals surface area contributed by atoms with E-state index in [1.54, 1.807) is 12.1 Å². The fourth-order valence-corrected chi connectivity index (χ4v) is 5.26. The van der Waals surface area contributed by atoms with E-state index in [-0.39, 0.29) is 11.9 Å². The third-order valence-corrected chi connectivity index (χ3v) is 6.81. The van der Waals surface area contributed by atoms with Crippen LogP contribution < -0.4 is 5.32 Å². The SMILES string of the molecule is CCC(C(=O)O)n1c2c(c3cc(F)ccc31)C[C@@H](NCc1cccc3ccccc13)CC2. The number of hydrogen-bond acceptors (Lipinski definition) is 2. The van der Waals surface area contributed by atoms with Crippen molar-refractivity contribution in [2.45, 2.75) is 51.2 Å². The molecule has 0 saturated carbocycles. The zero-order chi connectivity index (χ0) is 22.2. The highest BCUT2D eigenvalue weighted by Gasteiger charge is 2.30. The Morgan fingerprint density at radius 2 is 1.97 bits per heavy atom. The molecule has 32 heavy (non-hydrogen) atoms. The number of benzene rings is 3. The fraction of sp³-hybridized carbons (Fsp3) is 0.296. The number of rotatable bonds is 6. The predicted molar refractivity (Wildman–Crippen MR) is 125 cm³/mol. The van der Waals surface area contributed by atoms with Crippen LogP contribution >= 0.6 is 0 Å². The molecule has 0 aliphatic heterocycles. The summed E-state index contributed by atoms with van der Waals surface area (Å²) in [5, 5.41) is 16.8. The summed E-state index contributed by atoms with van der Waals surface area (Å²) in [5.41, 5.74) is 4.21. The maximum Gasteiger partial charge on any atom is 0.326 e. The minimum atomic E-state index is -0.840. The van der Waals surface area contributed by atoms with Gasteiger partial charge in [-0.2, -0.15) is 0 Å². The molecule has 4 aromatic rings. The van der Waals surface area contributed by atoms with Gasteiger partial charge in [0.1, 0.15) is 11.9 Å². The first kappa shape index (κ1) is 20.7. The molecule has 0 bridgehead atoms. The van der Waals surface area contributed by atoms with Gasteiger partial charge < -0.3 is 15.0 Å². The maximum absolute atomic E-state index is 14.1. The van der Waals surface area contributed by atoms with Gasteiger partial charge in [-0.15, -0.1) is 0 Å². The first-order valence-corrected chi connectivity index (χ1v) is 11.3. The Kier molecular flexibility index (Phi) is 5.43. The number of halogens is 1. The number of aliphatic carboxylic acids is 1. The lowest BCUT2D eigenvalue weighted by Gasteiger charge is -2.27. The van der Waals surface area contributed by atoms with Crippen molar-refractivity contribution in [1.29, 1.82) is 0 Å². The van der Waals surface area contributed by atoms with E-state index in [9.17, 15) is 14.3 Å². The summed E-state index contributed by atoms with van der Waals surface area (Å²) >= 11 is 0. The summed E-state index contributed by atoms with van der Waals surface area (Å²) in [4.78, 5) is 11.9. The summed E-state index contributed by atoms with van der Waals surface area (Å²) < 4.78 is 16.1. The van der Waals surface area contributed by atoms with Gasteiger partial charge in [-0.05, 0) is 65.8 Å². The number of hydrogen-bond donors (Lipinski definition) is 2. The van der Waals surface area contributed by atoms with Crippen molar-refractivity contribution >= 4 is 27.6 Å². The smallest absolute Gasteiger partial charge is 0.326 e. The van der Waals surface area contributed by atoms with Crippen molar-refractivity contribution in [3.8, 4) is 0 Å². The molecule has 5 heteroatoms. The third kappa shape index (κ3) is 3.56. The van der Waals surface area contributed by atoms with Crippen molar-refractivity contribution in [2.75, 3.05) is 0 Å². The van der Waals surface area contributed by atoms with Crippen molar-refractivity contribution in [1.82, 2.24) is 9.88 Å². The van der Waals surface area contributed by atoms with E-state index in [0.29, 0.717) is 6.42 Å². The molecule has 0 fully saturated rings. The molecule has 1 heterocycles. The molecule has 1 aliphatic carbocycles. The molecule has 5 rings (SSSR count). The standard InChI is InChI=1S/C27H27FN2O2/c1-2-24(27(31)32)30-25-12-10-19(28)14-22(25)23-15-20(11-13-26(23)30)29-16-18-8-5-7-17-6-3-4-9-21(17)18/h3-10,12,14,20,24,29H,2,11,13,15-16H2,1H3,(H,31,32)/t20-,24?/m0/s1. The quantitative estimate of drug-likeness (QED) is 0.418. The molecule has 3 aromatic carbocycles. The molecule has 1 aliphatic rings. The van der Waals surface area contributed by atoms with E-state index in [4.69, 9.17) is 0 Å². The maximum atomic E-state index is 14.1. The van der Waals surface area contributed by atoms with Gasteiger partial charge in [0.15, 0.2) is 0 Å². The molecule has 0 amide bonds. The summed E-state index contributed by atoms with van der Waals surface area (Å²) in [6, 6.07) is 19.1. The van der Waals surface area contributed by atoms with Crippen LogP contribution in [0, 0.1) is 5.82 Å². The fourth-order valence-electron chi connectivity index (χ4n) is 5.26. The van der Waals surface area contributed by atoms with Crippen LogP contribution in [0.1, 0.15) is 42.6 Å².